The van der Waals surface area contributed by atoms with Gasteiger partial charge in [-0.3, -0.25) is 0 Å². The summed E-state index contributed by atoms with van der Waals surface area (Å²) in [5, 5.41) is 18.4. The van der Waals surface area contributed by atoms with Crippen LogP contribution >= 0.6 is 0 Å². The third-order valence-electron chi connectivity index (χ3n) is 10.1. The molecule has 2 aromatic rings. The lowest BCUT2D eigenvalue weighted by molar-refractivity contribution is -0.146. The molecule has 0 atom stereocenters. The van der Waals surface area contributed by atoms with Crippen molar-refractivity contribution in [2.45, 2.75) is 70.1 Å². The van der Waals surface area contributed by atoms with Gasteiger partial charge in [0.25, 0.3) is 6.08 Å². The predicted molar refractivity (Wildman–Crippen MR) is 179 cm³/mol. The highest BCUT2D eigenvalue weighted by Gasteiger charge is 2.34. The van der Waals surface area contributed by atoms with E-state index in [-0.39, 0.29) is 36.2 Å². The highest BCUT2D eigenvalue weighted by molar-refractivity contribution is 5.88. The summed E-state index contributed by atoms with van der Waals surface area (Å²) in [7, 11) is 0. The van der Waals surface area contributed by atoms with E-state index in [1.54, 1.807) is 0 Å². The molecule has 0 bridgehead atoms. The van der Waals surface area contributed by atoms with Crippen LogP contribution < -0.4 is 0 Å². The summed E-state index contributed by atoms with van der Waals surface area (Å²) < 4.78 is 35.4. The number of carbonyl (C=O) groups excluding carboxylic acids is 2. The molecule has 0 aliphatic heterocycles. The van der Waals surface area contributed by atoms with Crippen molar-refractivity contribution in [2.24, 2.45) is 23.7 Å². The van der Waals surface area contributed by atoms with Crippen LogP contribution in [0, 0.1) is 23.7 Å². The number of carbonyl (C=O) groups is 2. The van der Waals surface area contributed by atoms with Gasteiger partial charge in [0.2, 0.25) is 0 Å². The van der Waals surface area contributed by atoms with Crippen molar-refractivity contribution in [3.8, 4) is 11.1 Å². The van der Waals surface area contributed by atoms with Crippen LogP contribution in [0.2, 0.25) is 0 Å². The number of aliphatic hydroxyl groups is 2. The van der Waals surface area contributed by atoms with E-state index in [9.17, 15) is 28.6 Å². The minimum Gasteiger partial charge on any atom is -0.462 e. The molecule has 2 N–H and O–H groups in total. The molecule has 0 radical (unpaired) electrons. The number of halogens is 2. The van der Waals surface area contributed by atoms with Gasteiger partial charge in [0.1, 0.15) is 0 Å². The predicted octanol–water partition coefficient (Wildman–Crippen LogP) is 7.95. The molecule has 0 amide bonds. The second kappa shape index (κ2) is 18.1. The van der Waals surface area contributed by atoms with E-state index in [0.717, 1.165) is 48.4 Å². The number of aryl methyl sites for hydroxylation is 1. The van der Waals surface area contributed by atoms with Gasteiger partial charge >= 0.3 is 11.9 Å². The fourth-order valence-electron chi connectivity index (χ4n) is 7.19. The molecule has 0 spiro atoms. The summed E-state index contributed by atoms with van der Waals surface area (Å²) >= 11 is 0. The summed E-state index contributed by atoms with van der Waals surface area (Å²) in [6.45, 7) is 6.24. The first-order valence-electron chi connectivity index (χ1n) is 16.8. The number of rotatable bonds is 15. The summed E-state index contributed by atoms with van der Waals surface area (Å²) in [5.41, 5.74) is 4.67. The van der Waals surface area contributed by atoms with Crippen LogP contribution in [-0.2, 0) is 25.5 Å². The van der Waals surface area contributed by atoms with Crippen molar-refractivity contribution in [1.82, 2.24) is 0 Å². The quantitative estimate of drug-likeness (QED) is 0.150. The number of hydrogen-bond acceptors (Lipinski definition) is 6. The van der Waals surface area contributed by atoms with Gasteiger partial charge in [-0.15, -0.1) is 0 Å². The van der Waals surface area contributed by atoms with Gasteiger partial charge < -0.3 is 19.7 Å². The molecule has 2 aliphatic carbocycles. The van der Waals surface area contributed by atoms with E-state index in [4.69, 9.17) is 9.47 Å². The van der Waals surface area contributed by atoms with E-state index in [1.165, 1.54) is 31.2 Å². The Bertz CT molecular complexity index is 1330. The Balaban J connectivity index is 1.25. The molecule has 2 fully saturated rings. The molecule has 47 heavy (non-hydrogen) atoms. The molecule has 2 aliphatic rings. The highest BCUT2D eigenvalue weighted by atomic mass is 19.3. The largest absolute Gasteiger partial charge is 0.462 e. The Kier molecular flexibility index (Phi) is 13.9. The van der Waals surface area contributed by atoms with Crippen LogP contribution in [-0.4, -0.2) is 48.6 Å². The second-order valence-corrected chi connectivity index (χ2v) is 13.1. The maximum Gasteiger partial charge on any atom is 0.335 e. The lowest BCUT2D eigenvalue weighted by Gasteiger charge is -2.39. The number of benzene rings is 2. The van der Waals surface area contributed by atoms with Crippen molar-refractivity contribution in [3.63, 3.8) is 0 Å². The van der Waals surface area contributed by atoms with Crippen LogP contribution in [0.15, 0.2) is 85.0 Å². The first-order valence-corrected chi connectivity index (χ1v) is 16.8. The van der Waals surface area contributed by atoms with Gasteiger partial charge in [0.15, 0.2) is 0 Å². The average molecular weight is 651 g/mol. The minimum atomic E-state index is -1.63. The third kappa shape index (κ3) is 10.7. The maximum atomic E-state index is 12.3. The van der Waals surface area contributed by atoms with E-state index in [1.807, 2.05) is 12.1 Å². The smallest absolute Gasteiger partial charge is 0.335 e. The summed E-state index contributed by atoms with van der Waals surface area (Å²) in [4.78, 5) is 24.2. The molecular formula is C39H48F2O6. The monoisotopic (exact) mass is 650 g/mol. The fraction of sp³-hybridized carbons (Fsp3) is 0.487. The first-order chi connectivity index (χ1) is 22.7. The molecule has 8 heteroatoms. The van der Waals surface area contributed by atoms with Crippen LogP contribution in [0.25, 0.3) is 11.1 Å². The molecule has 2 aromatic carbocycles. The van der Waals surface area contributed by atoms with Crippen molar-refractivity contribution in [2.75, 3.05) is 26.4 Å². The van der Waals surface area contributed by atoms with Crippen molar-refractivity contribution in [3.05, 3.63) is 96.1 Å². The van der Waals surface area contributed by atoms with E-state index >= 15 is 0 Å². The molecule has 4 rings (SSSR count). The van der Waals surface area contributed by atoms with Crippen molar-refractivity contribution in [1.29, 1.82) is 0 Å². The first kappa shape index (κ1) is 36.2. The van der Waals surface area contributed by atoms with Gasteiger partial charge in [-0.2, -0.15) is 8.78 Å². The number of ether oxygens (including phenoxy) is 2. The SMILES string of the molecule is C=C(CO)C(=O)OCC(COC(=O)C(=C)CO)C1CCC(C2CCC(c3ccc(-c4ccc(CCC=C(F)F)cc4)cc3)CC2)CC1. The van der Waals surface area contributed by atoms with E-state index < -0.39 is 31.2 Å². The normalized spacial score (nSPS) is 21.1. The summed E-state index contributed by atoms with van der Waals surface area (Å²) in [5.74, 6) is 0.630. The van der Waals surface area contributed by atoms with Crippen LogP contribution in [0.1, 0.15) is 74.8 Å². The number of allylic oxidation sites excluding steroid dienone is 1. The number of aliphatic hydroxyl groups excluding tert-OH is 2. The minimum absolute atomic E-state index is 0.0171. The second-order valence-electron chi connectivity index (χ2n) is 13.1. The van der Waals surface area contributed by atoms with Gasteiger partial charge in [-0.25, -0.2) is 9.59 Å². The summed E-state index contributed by atoms with van der Waals surface area (Å²) in [6, 6.07) is 17.0. The Labute approximate surface area is 277 Å². The Morgan fingerprint density at radius 1 is 0.745 bits per heavy atom. The number of hydrogen-bond donors (Lipinski definition) is 2. The molecule has 0 aromatic heterocycles. The van der Waals surface area contributed by atoms with Gasteiger partial charge in [0.05, 0.1) is 37.6 Å². The van der Waals surface area contributed by atoms with Gasteiger partial charge in [-0.1, -0.05) is 61.7 Å². The van der Waals surface area contributed by atoms with Crippen LogP contribution in [0.3, 0.4) is 0 Å². The van der Waals surface area contributed by atoms with Crippen molar-refractivity contribution >= 4 is 11.9 Å². The lowest BCUT2D eigenvalue weighted by Crippen LogP contribution is -2.33. The lowest BCUT2D eigenvalue weighted by atomic mass is 9.67. The molecule has 2 saturated carbocycles. The van der Waals surface area contributed by atoms with Crippen LogP contribution in [0.5, 0.6) is 0 Å². The average Bonchev–Trinajstić information content (AvgIpc) is 3.11. The maximum absolute atomic E-state index is 12.3. The van der Waals surface area contributed by atoms with E-state index in [0.29, 0.717) is 30.6 Å². The Morgan fingerprint density at radius 2 is 1.21 bits per heavy atom. The third-order valence-corrected chi connectivity index (χ3v) is 10.1. The zero-order valence-electron chi connectivity index (χ0n) is 27.2. The fourth-order valence-corrected chi connectivity index (χ4v) is 7.19. The van der Waals surface area contributed by atoms with Gasteiger partial charge in [-0.05, 0) is 116 Å². The van der Waals surface area contributed by atoms with Crippen molar-refractivity contribution < 1.29 is 38.1 Å². The standard InChI is InChI=1S/C39H48F2O6/c1-26(22-42)38(44)46-24-36(25-47-39(45)27(2)23-43)35-20-18-34(19-21-35)33-16-14-32(15-17-33)31-12-10-30(11-13-31)29-8-6-28(7-9-29)4-3-5-37(40)41/h5-13,32-36,42-43H,1-4,14-25H2. The number of esters is 2. The van der Waals surface area contributed by atoms with Gasteiger partial charge in [0, 0.05) is 5.92 Å². The highest BCUT2D eigenvalue weighted by Crippen LogP contribution is 2.45. The molecular weight excluding hydrogens is 602 g/mol. The van der Waals surface area contributed by atoms with E-state index in [2.05, 4.69) is 49.6 Å². The molecule has 0 unspecified atom stereocenters. The molecule has 0 heterocycles. The zero-order valence-corrected chi connectivity index (χ0v) is 27.2. The Hall–Kier alpha value is -3.62. The molecule has 6 nitrogen and oxygen atoms in total. The Morgan fingerprint density at radius 3 is 1.68 bits per heavy atom. The van der Waals surface area contributed by atoms with Crippen LogP contribution in [0.4, 0.5) is 8.78 Å². The summed E-state index contributed by atoms with van der Waals surface area (Å²) in [6.07, 6.45) is 9.12. The topological polar surface area (TPSA) is 93.1 Å². The molecule has 0 saturated heterocycles. The zero-order chi connectivity index (χ0) is 33.8. The molecule has 254 valence electrons.